The molecule has 3 heteroatoms. The Labute approximate surface area is 110 Å². The van der Waals surface area contributed by atoms with Gasteiger partial charge in [-0.2, -0.15) is 0 Å². The van der Waals surface area contributed by atoms with Crippen molar-refractivity contribution in [3.63, 3.8) is 0 Å². The number of furan rings is 1. The quantitative estimate of drug-likeness (QED) is 0.753. The van der Waals surface area contributed by atoms with Crippen LogP contribution in [0.2, 0.25) is 0 Å². The van der Waals surface area contributed by atoms with Gasteiger partial charge in [0.25, 0.3) is 0 Å². The maximum Gasteiger partial charge on any atom is 0.134 e. The largest absolute Gasteiger partial charge is 0.459 e. The van der Waals surface area contributed by atoms with Crippen LogP contribution in [0.3, 0.4) is 0 Å². The van der Waals surface area contributed by atoms with E-state index in [0.29, 0.717) is 11.3 Å². The Morgan fingerprint density at radius 2 is 1.89 bits per heavy atom. The minimum absolute atomic E-state index is 0.313. The number of rotatable bonds is 2. The van der Waals surface area contributed by atoms with Crippen LogP contribution in [0.15, 0.2) is 52.9 Å². The molecular weight excluding hydrogens is 241 g/mol. The van der Waals surface area contributed by atoms with E-state index in [9.17, 15) is 4.39 Å². The molecule has 0 aliphatic rings. The summed E-state index contributed by atoms with van der Waals surface area (Å²) in [6.45, 7) is 2.02. The Kier molecular flexibility index (Phi) is 2.84. The lowest BCUT2D eigenvalue weighted by Crippen LogP contribution is -2.12. The van der Waals surface area contributed by atoms with Crippen LogP contribution in [-0.4, -0.2) is 0 Å². The fraction of sp³-hybridized carbons (Fsp3) is 0.125. The Morgan fingerprint density at radius 1 is 1.11 bits per heavy atom. The van der Waals surface area contributed by atoms with Crippen LogP contribution in [0.1, 0.15) is 22.9 Å². The number of halogens is 1. The summed E-state index contributed by atoms with van der Waals surface area (Å²) in [7, 11) is 0. The van der Waals surface area contributed by atoms with Crippen molar-refractivity contribution in [2.45, 2.75) is 13.0 Å². The number of aryl methyl sites for hydroxylation is 1. The van der Waals surface area contributed by atoms with Gasteiger partial charge in [0, 0.05) is 10.9 Å². The Bertz CT molecular complexity index is 732. The summed E-state index contributed by atoms with van der Waals surface area (Å²) in [5.74, 6) is 0.261. The maximum atomic E-state index is 13.7. The standard InChI is InChI=1S/C16H14FNO/c1-10-6-7-14-11(8-10)9-15(19-14)16(18)12-4-2-3-5-13(12)17/h2-9,16H,18H2,1H3. The highest BCUT2D eigenvalue weighted by molar-refractivity contribution is 5.78. The molecule has 1 aromatic heterocycles. The van der Waals surface area contributed by atoms with Crippen molar-refractivity contribution in [2.24, 2.45) is 5.73 Å². The highest BCUT2D eigenvalue weighted by Gasteiger charge is 2.17. The normalized spacial score (nSPS) is 12.8. The van der Waals surface area contributed by atoms with E-state index in [0.717, 1.165) is 16.5 Å². The predicted molar refractivity (Wildman–Crippen MR) is 73.4 cm³/mol. The molecule has 0 aliphatic carbocycles. The summed E-state index contributed by atoms with van der Waals surface area (Å²) in [4.78, 5) is 0. The molecule has 1 heterocycles. The minimum atomic E-state index is -0.589. The topological polar surface area (TPSA) is 39.2 Å². The molecule has 2 nitrogen and oxygen atoms in total. The molecule has 0 radical (unpaired) electrons. The molecule has 19 heavy (non-hydrogen) atoms. The maximum absolute atomic E-state index is 13.7. The van der Waals surface area contributed by atoms with E-state index >= 15 is 0 Å². The molecule has 1 atom stereocenters. The van der Waals surface area contributed by atoms with Gasteiger partial charge in [0.05, 0.1) is 6.04 Å². The molecule has 0 spiro atoms. The molecule has 0 fully saturated rings. The van der Waals surface area contributed by atoms with Gasteiger partial charge in [0.2, 0.25) is 0 Å². The zero-order valence-corrected chi connectivity index (χ0v) is 10.6. The van der Waals surface area contributed by atoms with E-state index < -0.39 is 6.04 Å². The van der Waals surface area contributed by atoms with Crippen LogP contribution >= 0.6 is 0 Å². The third-order valence-electron chi connectivity index (χ3n) is 3.24. The van der Waals surface area contributed by atoms with Crippen LogP contribution in [0.4, 0.5) is 4.39 Å². The number of nitrogens with two attached hydrogens (primary N) is 1. The van der Waals surface area contributed by atoms with Crippen molar-refractivity contribution >= 4 is 11.0 Å². The first-order valence-corrected chi connectivity index (χ1v) is 6.15. The summed E-state index contributed by atoms with van der Waals surface area (Å²) in [5, 5.41) is 0.988. The first-order valence-electron chi connectivity index (χ1n) is 6.15. The van der Waals surface area contributed by atoms with Crippen molar-refractivity contribution in [1.82, 2.24) is 0 Å². The van der Waals surface area contributed by atoms with Crippen molar-refractivity contribution in [3.05, 3.63) is 71.2 Å². The third-order valence-corrected chi connectivity index (χ3v) is 3.24. The average Bonchev–Trinajstić information content (AvgIpc) is 2.81. The highest BCUT2D eigenvalue weighted by atomic mass is 19.1. The van der Waals surface area contributed by atoms with Gasteiger partial charge in [-0.1, -0.05) is 29.8 Å². The smallest absolute Gasteiger partial charge is 0.134 e. The Hall–Kier alpha value is -2.13. The van der Waals surface area contributed by atoms with E-state index in [1.807, 2.05) is 31.2 Å². The molecule has 0 amide bonds. The van der Waals surface area contributed by atoms with Crippen molar-refractivity contribution in [1.29, 1.82) is 0 Å². The van der Waals surface area contributed by atoms with E-state index in [2.05, 4.69) is 0 Å². The summed E-state index contributed by atoms with van der Waals surface area (Å²) < 4.78 is 19.4. The predicted octanol–water partition coefficient (Wildman–Crippen LogP) is 3.93. The van der Waals surface area contributed by atoms with Gasteiger partial charge in [-0.25, -0.2) is 4.39 Å². The number of benzene rings is 2. The molecule has 3 rings (SSSR count). The third kappa shape index (κ3) is 2.13. The summed E-state index contributed by atoms with van der Waals surface area (Å²) >= 11 is 0. The Balaban J connectivity index is 2.07. The SMILES string of the molecule is Cc1ccc2oc(C(N)c3ccccc3F)cc2c1. The van der Waals surface area contributed by atoms with Crippen molar-refractivity contribution in [3.8, 4) is 0 Å². The van der Waals surface area contributed by atoms with Crippen LogP contribution in [0, 0.1) is 12.7 Å². The second kappa shape index (κ2) is 4.52. The van der Waals surface area contributed by atoms with Crippen LogP contribution in [-0.2, 0) is 0 Å². The molecule has 3 aromatic rings. The molecule has 1 unspecified atom stereocenters. The van der Waals surface area contributed by atoms with Crippen LogP contribution < -0.4 is 5.73 Å². The Morgan fingerprint density at radius 3 is 2.68 bits per heavy atom. The van der Waals surface area contributed by atoms with Gasteiger partial charge in [-0.3, -0.25) is 0 Å². The number of hydrogen-bond donors (Lipinski definition) is 1. The average molecular weight is 255 g/mol. The lowest BCUT2D eigenvalue weighted by molar-refractivity contribution is 0.510. The second-order valence-electron chi connectivity index (χ2n) is 4.69. The second-order valence-corrected chi connectivity index (χ2v) is 4.69. The van der Waals surface area contributed by atoms with Gasteiger partial charge in [0.1, 0.15) is 17.2 Å². The van der Waals surface area contributed by atoms with E-state index in [-0.39, 0.29) is 5.82 Å². The van der Waals surface area contributed by atoms with Crippen molar-refractivity contribution in [2.75, 3.05) is 0 Å². The fourth-order valence-electron chi connectivity index (χ4n) is 2.22. The van der Waals surface area contributed by atoms with Crippen LogP contribution in [0.25, 0.3) is 11.0 Å². The molecule has 2 aromatic carbocycles. The first-order chi connectivity index (χ1) is 9.15. The molecule has 0 saturated heterocycles. The molecule has 2 N–H and O–H groups in total. The minimum Gasteiger partial charge on any atom is -0.459 e. The summed E-state index contributed by atoms with van der Waals surface area (Å²) in [5.41, 5.74) is 8.45. The lowest BCUT2D eigenvalue weighted by atomic mass is 10.0. The molecular formula is C16H14FNO. The molecule has 0 aliphatic heterocycles. The monoisotopic (exact) mass is 255 g/mol. The zero-order valence-electron chi connectivity index (χ0n) is 10.6. The van der Waals surface area contributed by atoms with Gasteiger partial charge < -0.3 is 10.2 Å². The van der Waals surface area contributed by atoms with E-state index in [1.54, 1.807) is 18.2 Å². The van der Waals surface area contributed by atoms with Crippen molar-refractivity contribution < 1.29 is 8.81 Å². The molecule has 0 saturated carbocycles. The molecule has 0 bridgehead atoms. The van der Waals surface area contributed by atoms with Gasteiger partial charge >= 0.3 is 0 Å². The zero-order chi connectivity index (χ0) is 13.4. The van der Waals surface area contributed by atoms with Gasteiger partial charge in [-0.15, -0.1) is 0 Å². The van der Waals surface area contributed by atoms with Gasteiger partial charge in [0.15, 0.2) is 0 Å². The van der Waals surface area contributed by atoms with E-state index in [4.69, 9.17) is 10.2 Å². The van der Waals surface area contributed by atoms with Crippen LogP contribution in [0.5, 0.6) is 0 Å². The first kappa shape index (κ1) is 11.9. The number of fused-ring (bicyclic) bond motifs is 1. The molecule has 96 valence electrons. The fourth-order valence-corrected chi connectivity index (χ4v) is 2.22. The number of hydrogen-bond acceptors (Lipinski definition) is 2. The van der Waals surface area contributed by atoms with E-state index in [1.165, 1.54) is 6.07 Å². The summed E-state index contributed by atoms with van der Waals surface area (Å²) in [6.07, 6.45) is 0. The highest BCUT2D eigenvalue weighted by Crippen LogP contribution is 2.28. The lowest BCUT2D eigenvalue weighted by Gasteiger charge is -2.09. The van der Waals surface area contributed by atoms with Gasteiger partial charge in [-0.05, 0) is 31.2 Å². The summed E-state index contributed by atoms with van der Waals surface area (Å²) in [6, 6.07) is 13.7.